The first kappa shape index (κ1) is 15.2. The summed E-state index contributed by atoms with van der Waals surface area (Å²) in [7, 11) is 0. The fraction of sp³-hybridized carbons (Fsp3) is 0.462. The van der Waals surface area contributed by atoms with Gasteiger partial charge in [0.1, 0.15) is 5.56 Å². The van der Waals surface area contributed by atoms with Gasteiger partial charge in [-0.2, -0.15) is 0 Å². The lowest BCUT2D eigenvalue weighted by molar-refractivity contribution is -0.385. The number of nitro groups is 1. The largest absolute Gasteiger partial charge is 0.396 e. The maximum atomic E-state index is 13.3. The molecule has 0 saturated carbocycles. The van der Waals surface area contributed by atoms with Crippen LogP contribution in [0.3, 0.4) is 0 Å². The number of hydrogen-bond acceptors (Lipinski definition) is 5. The standard InChI is InChI=1S/C13H16FN3O4/c14-10-6-12(17(19)20)9(5-11(10)15)13(18)16-7-8-3-1-2-4-21-8/h5-6,8H,1-4,7,15H2,(H,16,18). The Morgan fingerprint density at radius 1 is 1.52 bits per heavy atom. The first-order chi connectivity index (χ1) is 9.99. The molecule has 1 aliphatic heterocycles. The van der Waals surface area contributed by atoms with E-state index in [4.69, 9.17) is 10.5 Å². The molecule has 21 heavy (non-hydrogen) atoms. The van der Waals surface area contributed by atoms with E-state index < -0.39 is 22.3 Å². The van der Waals surface area contributed by atoms with Crippen LogP contribution in [0.25, 0.3) is 0 Å². The van der Waals surface area contributed by atoms with Gasteiger partial charge in [-0.15, -0.1) is 0 Å². The van der Waals surface area contributed by atoms with E-state index in [9.17, 15) is 19.3 Å². The van der Waals surface area contributed by atoms with Crippen LogP contribution < -0.4 is 11.1 Å². The summed E-state index contributed by atoms with van der Waals surface area (Å²) in [5.41, 5.74) is 4.20. The number of nitrogens with two attached hydrogens (primary N) is 1. The van der Waals surface area contributed by atoms with Crippen molar-refractivity contribution in [2.24, 2.45) is 0 Å². The number of carbonyl (C=O) groups excluding carboxylic acids is 1. The summed E-state index contributed by atoms with van der Waals surface area (Å²) in [6.07, 6.45) is 2.74. The van der Waals surface area contributed by atoms with Crippen LogP contribution in [0, 0.1) is 15.9 Å². The van der Waals surface area contributed by atoms with Gasteiger partial charge in [-0.1, -0.05) is 0 Å². The molecule has 3 N–H and O–H groups in total. The van der Waals surface area contributed by atoms with Crippen LogP contribution in [0.15, 0.2) is 12.1 Å². The van der Waals surface area contributed by atoms with Crippen LogP contribution in [0.1, 0.15) is 29.6 Å². The third-order valence-corrected chi connectivity index (χ3v) is 3.32. The van der Waals surface area contributed by atoms with Crippen molar-refractivity contribution in [1.82, 2.24) is 5.32 Å². The molecule has 1 aromatic rings. The van der Waals surface area contributed by atoms with Crippen molar-refractivity contribution in [2.45, 2.75) is 25.4 Å². The van der Waals surface area contributed by atoms with Crippen LogP contribution in [0.2, 0.25) is 0 Å². The highest BCUT2D eigenvalue weighted by atomic mass is 19.1. The lowest BCUT2D eigenvalue weighted by atomic mass is 10.1. The van der Waals surface area contributed by atoms with Crippen molar-refractivity contribution >= 4 is 17.3 Å². The van der Waals surface area contributed by atoms with Crippen LogP contribution in [0.4, 0.5) is 15.8 Å². The van der Waals surface area contributed by atoms with Gasteiger partial charge >= 0.3 is 0 Å². The lowest BCUT2D eigenvalue weighted by Gasteiger charge is -2.22. The van der Waals surface area contributed by atoms with Crippen molar-refractivity contribution in [1.29, 1.82) is 0 Å². The molecule has 1 heterocycles. The second-order valence-electron chi connectivity index (χ2n) is 4.85. The zero-order chi connectivity index (χ0) is 15.4. The molecule has 1 aromatic carbocycles. The number of halogens is 1. The van der Waals surface area contributed by atoms with Gasteiger partial charge in [0.25, 0.3) is 11.6 Å². The van der Waals surface area contributed by atoms with Gasteiger partial charge in [-0.3, -0.25) is 14.9 Å². The number of nitrogens with zero attached hydrogens (tertiary/aromatic N) is 1. The zero-order valence-electron chi connectivity index (χ0n) is 11.3. The molecular formula is C13H16FN3O4. The summed E-state index contributed by atoms with van der Waals surface area (Å²) < 4.78 is 18.7. The minimum Gasteiger partial charge on any atom is -0.396 e. The Kier molecular flexibility index (Phi) is 4.69. The Morgan fingerprint density at radius 3 is 2.90 bits per heavy atom. The highest BCUT2D eigenvalue weighted by molar-refractivity contribution is 5.99. The summed E-state index contributed by atoms with van der Waals surface area (Å²) in [5.74, 6) is -1.59. The van der Waals surface area contributed by atoms with E-state index in [0.717, 1.165) is 25.3 Å². The van der Waals surface area contributed by atoms with Crippen molar-refractivity contribution < 1.29 is 18.8 Å². The van der Waals surface area contributed by atoms with Crippen molar-refractivity contribution in [3.63, 3.8) is 0 Å². The number of carbonyl (C=O) groups is 1. The molecule has 7 nitrogen and oxygen atoms in total. The Bertz CT molecular complexity index is 559. The molecule has 1 fully saturated rings. The number of benzene rings is 1. The van der Waals surface area contributed by atoms with E-state index in [-0.39, 0.29) is 23.9 Å². The number of nitro benzene ring substituents is 1. The average Bonchev–Trinajstić information content (AvgIpc) is 2.48. The van der Waals surface area contributed by atoms with Gasteiger partial charge in [0.05, 0.1) is 22.8 Å². The molecule has 8 heteroatoms. The molecule has 1 atom stereocenters. The second-order valence-corrected chi connectivity index (χ2v) is 4.85. The molecule has 0 bridgehead atoms. The van der Waals surface area contributed by atoms with Gasteiger partial charge in [0.15, 0.2) is 5.82 Å². The van der Waals surface area contributed by atoms with E-state index in [1.807, 2.05) is 0 Å². The van der Waals surface area contributed by atoms with E-state index >= 15 is 0 Å². The van der Waals surface area contributed by atoms with Crippen LogP contribution >= 0.6 is 0 Å². The van der Waals surface area contributed by atoms with E-state index in [1.165, 1.54) is 0 Å². The normalized spacial score (nSPS) is 18.2. The minimum absolute atomic E-state index is 0.0976. The minimum atomic E-state index is -0.922. The molecule has 0 radical (unpaired) electrons. The SMILES string of the molecule is Nc1cc(C(=O)NCC2CCCCO2)c([N+](=O)[O-])cc1F. The first-order valence-electron chi connectivity index (χ1n) is 6.62. The Morgan fingerprint density at radius 2 is 2.29 bits per heavy atom. The number of nitrogen functional groups attached to an aromatic ring is 1. The van der Waals surface area contributed by atoms with Crippen LogP contribution in [-0.2, 0) is 4.74 Å². The smallest absolute Gasteiger partial charge is 0.285 e. The predicted molar refractivity (Wildman–Crippen MR) is 73.4 cm³/mol. The summed E-state index contributed by atoms with van der Waals surface area (Å²) >= 11 is 0. The number of amides is 1. The lowest BCUT2D eigenvalue weighted by Crippen LogP contribution is -2.35. The van der Waals surface area contributed by atoms with Gasteiger partial charge in [-0.25, -0.2) is 4.39 Å². The highest BCUT2D eigenvalue weighted by Crippen LogP contribution is 2.24. The molecule has 0 aromatic heterocycles. The molecule has 0 aliphatic carbocycles. The topological polar surface area (TPSA) is 107 Å². The van der Waals surface area contributed by atoms with E-state index in [2.05, 4.69) is 5.32 Å². The zero-order valence-corrected chi connectivity index (χ0v) is 11.3. The predicted octanol–water partition coefficient (Wildman–Crippen LogP) is 1.61. The quantitative estimate of drug-likeness (QED) is 0.499. The Balaban J connectivity index is 2.10. The summed E-state index contributed by atoms with van der Waals surface area (Å²) in [4.78, 5) is 22.1. The van der Waals surface area contributed by atoms with Gasteiger partial charge in [-0.05, 0) is 25.3 Å². The van der Waals surface area contributed by atoms with Crippen molar-refractivity contribution in [3.05, 3.63) is 33.6 Å². The second kappa shape index (κ2) is 6.49. The van der Waals surface area contributed by atoms with Gasteiger partial charge in [0.2, 0.25) is 0 Å². The monoisotopic (exact) mass is 297 g/mol. The molecule has 0 spiro atoms. The number of anilines is 1. The molecule has 114 valence electrons. The first-order valence-corrected chi connectivity index (χ1v) is 6.62. The fourth-order valence-electron chi connectivity index (χ4n) is 2.18. The molecule has 1 aliphatic rings. The molecule has 1 amide bonds. The van der Waals surface area contributed by atoms with Crippen molar-refractivity contribution in [3.8, 4) is 0 Å². The number of hydrogen-bond donors (Lipinski definition) is 2. The summed E-state index contributed by atoms with van der Waals surface area (Å²) in [6.45, 7) is 0.900. The van der Waals surface area contributed by atoms with Crippen LogP contribution in [0.5, 0.6) is 0 Å². The maximum Gasteiger partial charge on any atom is 0.285 e. The number of rotatable bonds is 4. The highest BCUT2D eigenvalue weighted by Gasteiger charge is 2.24. The molecule has 1 saturated heterocycles. The molecular weight excluding hydrogens is 281 g/mol. The fourth-order valence-corrected chi connectivity index (χ4v) is 2.18. The summed E-state index contributed by atoms with van der Waals surface area (Å²) in [6, 6.07) is 1.63. The molecule has 1 unspecified atom stereocenters. The molecule has 2 rings (SSSR count). The Hall–Kier alpha value is -2.22. The third-order valence-electron chi connectivity index (χ3n) is 3.32. The van der Waals surface area contributed by atoms with E-state index in [0.29, 0.717) is 12.7 Å². The number of ether oxygens (including phenoxy) is 1. The van der Waals surface area contributed by atoms with Gasteiger partial charge in [0, 0.05) is 13.2 Å². The van der Waals surface area contributed by atoms with Gasteiger partial charge < -0.3 is 15.8 Å². The van der Waals surface area contributed by atoms with E-state index in [1.54, 1.807) is 0 Å². The van der Waals surface area contributed by atoms with Crippen LogP contribution in [-0.4, -0.2) is 30.1 Å². The average molecular weight is 297 g/mol. The van der Waals surface area contributed by atoms with Crippen molar-refractivity contribution in [2.75, 3.05) is 18.9 Å². The number of nitrogens with one attached hydrogen (secondary N) is 1. The maximum absolute atomic E-state index is 13.3. The Labute approximate surface area is 120 Å². The summed E-state index contributed by atoms with van der Waals surface area (Å²) in [5, 5.41) is 13.5. The third kappa shape index (κ3) is 3.66.